The van der Waals surface area contributed by atoms with Crippen molar-refractivity contribution in [2.45, 2.75) is 0 Å². The van der Waals surface area contributed by atoms with E-state index in [1.807, 2.05) is 24.3 Å². The standard InChI is InChI=1S/C12H7OS/c1-2-5-11-9(4-1)10(8-13-11)12-6-3-7-14-12/h1-7H. The second-order valence-corrected chi connectivity index (χ2v) is 4.00. The van der Waals surface area contributed by atoms with Crippen LogP contribution in [0.4, 0.5) is 0 Å². The van der Waals surface area contributed by atoms with E-state index >= 15 is 0 Å². The molecule has 0 bridgehead atoms. The summed E-state index contributed by atoms with van der Waals surface area (Å²) in [4.78, 5) is 1.20. The topological polar surface area (TPSA) is 13.1 Å². The third-order valence-corrected chi connectivity index (χ3v) is 3.07. The summed E-state index contributed by atoms with van der Waals surface area (Å²) in [5.74, 6) is 0. The molecule has 0 aliphatic carbocycles. The average molecular weight is 199 g/mol. The van der Waals surface area contributed by atoms with Crippen LogP contribution in [0.25, 0.3) is 21.4 Å². The first kappa shape index (κ1) is 7.83. The first-order valence-electron chi connectivity index (χ1n) is 4.38. The van der Waals surface area contributed by atoms with Crippen molar-refractivity contribution in [3.63, 3.8) is 0 Å². The maximum absolute atomic E-state index is 5.35. The predicted molar refractivity (Wildman–Crippen MR) is 58.4 cm³/mol. The lowest BCUT2D eigenvalue weighted by atomic mass is 10.1. The highest BCUT2D eigenvalue weighted by atomic mass is 32.1. The smallest absolute Gasteiger partial charge is 0.180 e. The number of furan rings is 1. The third kappa shape index (κ3) is 1.08. The van der Waals surface area contributed by atoms with Crippen LogP contribution in [-0.2, 0) is 0 Å². The quantitative estimate of drug-likeness (QED) is 0.578. The highest BCUT2D eigenvalue weighted by molar-refractivity contribution is 7.13. The molecule has 3 rings (SSSR count). The van der Waals surface area contributed by atoms with E-state index in [0.717, 1.165) is 16.5 Å². The van der Waals surface area contributed by atoms with Crippen molar-refractivity contribution >= 4 is 22.3 Å². The molecule has 1 aromatic carbocycles. The molecule has 2 aromatic heterocycles. The number of hydrogen-bond acceptors (Lipinski definition) is 2. The van der Waals surface area contributed by atoms with Crippen LogP contribution in [0.3, 0.4) is 0 Å². The van der Waals surface area contributed by atoms with Gasteiger partial charge in [0, 0.05) is 15.8 Å². The third-order valence-electron chi connectivity index (χ3n) is 2.19. The summed E-state index contributed by atoms with van der Waals surface area (Å²) in [5.41, 5.74) is 1.96. The van der Waals surface area contributed by atoms with E-state index in [-0.39, 0.29) is 0 Å². The van der Waals surface area contributed by atoms with E-state index in [1.54, 1.807) is 11.3 Å². The molecular weight excluding hydrogens is 192 g/mol. The molecule has 0 atom stereocenters. The number of thiophene rings is 1. The molecule has 0 N–H and O–H groups in total. The molecule has 3 aromatic rings. The van der Waals surface area contributed by atoms with Gasteiger partial charge in [-0.15, -0.1) is 11.3 Å². The SMILES string of the molecule is [c]1oc2ccccc2c1-c1cccs1. The number of fused-ring (bicyclic) bond motifs is 1. The lowest BCUT2D eigenvalue weighted by Gasteiger charge is -1.90. The molecule has 0 saturated heterocycles. The van der Waals surface area contributed by atoms with Crippen LogP contribution in [0.1, 0.15) is 0 Å². The highest BCUT2D eigenvalue weighted by Crippen LogP contribution is 2.32. The molecule has 0 aliphatic heterocycles. The maximum atomic E-state index is 5.35. The van der Waals surface area contributed by atoms with Crippen molar-refractivity contribution in [3.05, 3.63) is 48.0 Å². The van der Waals surface area contributed by atoms with Gasteiger partial charge in [0.2, 0.25) is 0 Å². The fourth-order valence-electron chi connectivity index (χ4n) is 1.53. The van der Waals surface area contributed by atoms with Gasteiger partial charge < -0.3 is 4.42 Å². The minimum atomic E-state index is 0.899. The molecule has 1 nitrogen and oxygen atoms in total. The van der Waals surface area contributed by atoms with E-state index in [0.29, 0.717) is 0 Å². The van der Waals surface area contributed by atoms with Crippen molar-refractivity contribution < 1.29 is 4.42 Å². The van der Waals surface area contributed by atoms with E-state index in [2.05, 4.69) is 23.8 Å². The molecule has 0 spiro atoms. The number of para-hydroxylation sites is 1. The van der Waals surface area contributed by atoms with Gasteiger partial charge in [-0.2, -0.15) is 0 Å². The Bertz CT molecular complexity index is 548. The Balaban J connectivity index is 2.33. The summed E-state index contributed by atoms with van der Waals surface area (Å²) >= 11 is 1.70. The van der Waals surface area contributed by atoms with Crippen LogP contribution in [0.5, 0.6) is 0 Å². The maximum Gasteiger partial charge on any atom is 0.180 e. The Hall–Kier alpha value is -1.54. The van der Waals surface area contributed by atoms with Crippen LogP contribution in [0.15, 0.2) is 46.2 Å². The van der Waals surface area contributed by atoms with Crippen LogP contribution >= 0.6 is 11.3 Å². The minimum Gasteiger partial charge on any atom is -0.452 e. The van der Waals surface area contributed by atoms with Gasteiger partial charge in [-0.05, 0) is 17.5 Å². The van der Waals surface area contributed by atoms with E-state index in [9.17, 15) is 0 Å². The second kappa shape index (κ2) is 3.00. The molecule has 0 unspecified atom stereocenters. The highest BCUT2D eigenvalue weighted by Gasteiger charge is 2.08. The Morgan fingerprint density at radius 3 is 2.86 bits per heavy atom. The molecule has 67 valence electrons. The zero-order valence-corrected chi connectivity index (χ0v) is 8.17. The van der Waals surface area contributed by atoms with Crippen molar-refractivity contribution in [1.82, 2.24) is 0 Å². The van der Waals surface area contributed by atoms with Gasteiger partial charge in [0.15, 0.2) is 6.26 Å². The molecule has 14 heavy (non-hydrogen) atoms. The van der Waals surface area contributed by atoms with Gasteiger partial charge in [0.05, 0.1) is 0 Å². The van der Waals surface area contributed by atoms with Gasteiger partial charge in [-0.1, -0.05) is 24.3 Å². The molecule has 0 fully saturated rings. The van der Waals surface area contributed by atoms with Crippen LogP contribution in [0, 0.1) is 6.26 Å². The van der Waals surface area contributed by atoms with Crippen molar-refractivity contribution in [2.75, 3.05) is 0 Å². The summed E-state index contributed by atoms with van der Waals surface area (Å²) in [6, 6.07) is 12.1. The Morgan fingerprint density at radius 1 is 1.07 bits per heavy atom. The van der Waals surface area contributed by atoms with Crippen LogP contribution in [0.2, 0.25) is 0 Å². The normalized spacial score (nSPS) is 10.9. The first-order valence-corrected chi connectivity index (χ1v) is 5.26. The fraction of sp³-hybridized carbons (Fsp3) is 0. The van der Waals surface area contributed by atoms with Gasteiger partial charge in [-0.25, -0.2) is 0 Å². The largest absolute Gasteiger partial charge is 0.452 e. The summed E-state index contributed by atoms with van der Waals surface area (Å²) in [7, 11) is 0. The molecule has 0 saturated carbocycles. The molecule has 1 radical (unpaired) electrons. The number of benzene rings is 1. The monoisotopic (exact) mass is 199 g/mol. The Kier molecular flexibility index (Phi) is 1.67. The summed E-state index contributed by atoms with van der Waals surface area (Å²) in [6.07, 6.45) is 2.95. The van der Waals surface area contributed by atoms with Crippen LogP contribution in [-0.4, -0.2) is 0 Å². The second-order valence-electron chi connectivity index (χ2n) is 3.05. The summed E-state index contributed by atoms with van der Waals surface area (Å²) < 4.78 is 5.35. The zero-order chi connectivity index (χ0) is 9.38. The molecule has 2 heteroatoms. The molecule has 0 amide bonds. The molecular formula is C12H7OS. The van der Waals surface area contributed by atoms with E-state index in [4.69, 9.17) is 4.42 Å². The number of hydrogen-bond donors (Lipinski definition) is 0. The Labute approximate surface area is 85.6 Å². The van der Waals surface area contributed by atoms with Gasteiger partial charge >= 0.3 is 0 Å². The molecule has 2 heterocycles. The van der Waals surface area contributed by atoms with Crippen molar-refractivity contribution in [3.8, 4) is 10.4 Å². The van der Waals surface area contributed by atoms with E-state index in [1.165, 1.54) is 4.88 Å². The summed E-state index contributed by atoms with van der Waals surface area (Å²) in [6.45, 7) is 0. The van der Waals surface area contributed by atoms with Gasteiger partial charge in [0.1, 0.15) is 5.58 Å². The average Bonchev–Trinajstić information content (AvgIpc) is 2.85. The van der Waals surface area contributed by atoms with Crippen molar-refractivity contribution in [2.24, 2.45) is 0 Å². The number of rotatable bonds is 1. The Morgan fingerprint density at radius 2 is 2.00 bits per heavy atom. The zero-order valence-electron chi connectivity index (χ0n) is 7.36. The fourth-order valence-corrected chi connectivity index (χ4v) is 2.26. The first-order chi connectivity index (χ1) is 6.95. The van der Waals surface area contributed by atoms with Gasteiger partial charge in [-0.3, -0.25) is 0 Å². The minimum absolute atomic E-state index is 0.899. The predicted octanol–water partition coefficient (Wildman–Crippen LogP) is 3.96. The lowest BCUT2D eigenvalue weighted by Crippen LogP contribution is -1.67. The van der Waals surface area contributed by atoms with Crippen LogP contribution < -0.4 is 0 Å². The molecule has 0 aliphatic rings. The van der Waals surface area contributed by atoms with Crippen molar-refractivity contribution in [1.29, 1.82) is 0 Å². The summed E-state index contributed by atoms with van der Waals surface area (Å²) in [5, 5.41) is 3.19. The van der Waals surface area contributed by atoms with Gasteiger partial charge in [0.25, 0.3) is 0 Å². The van der Waals surface area contributed by atoms with E-state index < -0.39 is 0 Å². The lowest BCUT2D eigenvalue weighted by molar-refractivity contribution is 0.607.